The maximum atomic E-state index is 15.1. The van der Waals surface area contributed by atoms with Crippen molar-refractivity contribution in [3.8, 4) is 5.75 Å². The second-order valence-corrected chi connectivity index (χ2v) is 12.3. The van der Waals surface area contributed by atoms with Crippen LogP contribution in [0.15, 0.2) is 30.3 Å². The summed E-state index contributed by atoms with van der Waals surface area (Å²) in [6.07, 6.45) is 2.32. The summed E-state index contributed by atoms with van der Waals surface area (Å²) in [5.74, 6) is -3.65. The monoisotopic (exact) mass is 654 g/mol. The molecule has 1 unspecified atom stereocenters. The molecule has 0 amide bonds. The summed E-state index contributed by atoms with van der Waals surface area (Å²) < 4.78 is 68.2. The number of fused-ring (bicyclic) bond motifs is 2. The lowest BCUT2D eigenvalue weighted by Crippen LogP contribution is -2.69. The van der Waals surface area contributed by atoms with Crippen LogP contribution in [0.25, 0.3) is 0 Å². The standard InChI is InChI=1S/C35H49ClF2O7/c1-6-10-17-41-31-32(42-18-11-7-2)34(23(5)39)22-44-35(45-34,33(31)43-19-12-8-3)26-14-15-27(36)25(21-26)20-24-13-16-28(40-9-4)30(38)29(24)37/h13-16,21,23,31-33,39H,6-12,17-20,22H2,1-5H3/t23?,31-,32-,33+,34+,35-/m0/s1. The van der Waals surface area contributed by atoms with Gasteiger partial charge in [0, 0.05) is 36.8 Å². The Bertz CT molecular complexity index is 1250. The number of hydrogen-bond acceptors (Lipinski definition) is 7. The van der Waals surface area contributed by atoms with Gasteiger partial charge in [-0.3, -0.25) is 0 Å². The van der Waals surface area contributed by atoms with Crippen LogP contribution in [0.2, 0.25) is 5.02 Å². The summed E-state index contributed by atoms with van der Waals surface area (Å²) in [6.45, 7) is 11.3. The maximum Gasteiger partial charge on any atom is 0.225 e. The molecule has 1 N–H and O–H groups in total. The van der Waals surface area contributed by atoms with E-state index in [2.05, 4.69) is 20.8 Å². The van der Waals surface area contributed by atoms with E-state index in [9.17, 15) is 9.50 Å². The highest BCUT2D eigenvalue weighted by atomic mass is 35.5. The Morgan fingerprint density at radius 2 is 1.53 bits per heavy atom. The van der Waals surface area contributed by atoms with Gasteiger partial charge in [-0.15, -0.1) is 0 Å². The quantitative estimate of drug-likeness (QED) is 0.167. The fourth-order valence-electron chi connectivity index (χ4n) is 6.04. The van der Waals surface area contributed by atoms with Gasteiger partial charge in [0.25, 0.3) is 0 Å². The molecule has 2 aromatic rings. The first-order valence-electron chi connectivity index (χ1n) is 16.4. The predicted molar refractivity (Wildman–Crippen MR) is 169 cm³/mol. The number of unbranched alkanes of at least 4 members (excludes halogenated alkanes) is 3. The zero-order valence-electron chi connectivity index (χ0n) is 27.2. The third kappa shape index (κ3) is 7.51. The van der Waals surface area contributed by atoms with E-state index in [-0.39, 0.29) is 30.9 Å². The Morgan fingerprint density at radius 1 is 0.889 bits per heavy atom. The smallest absolute Gasteiger partial charge is 0.225 e. The fourth-order valence-corrected chi connectivity index (χ4v) is 6.22. The van der Waals surface area contributed by atoms with Crippen LogP contribution in [-0.2, 0) is 35.9 Å². The highest BCUT2D eigenvalue weighted by Crippen LogP contribution is 2.54. The van der Waals surface area contributed by atoms with Gasteiger partial charge >= 0.3 is 0 Å². The molecule has 0 radical (unpaired) electrons. The molecule has 2 heterocycles. The summed E-state index contributed by atoms with van der Waals surface area (Å²) in [4.78, 5) is 0. The van der Waals surface area contributed by atoms with Crippen molar-refractivity contribution in [3.05, 3.63) is 63.7 Å². The number of aliphatic hydroxyl groups excluding tert-OH is 1. The van der Waals surface area contributed by atoms with Crippen molar-refractivity contribution >= 4 is 11.6 Å². The van der Waals surface area contributed by atoms with Gasteiger partial charge in [0.15, 0.2) is 11.6 Å². The number of hydrogen-bond donors (Lipinski definition) is 1. The van der Waals surface area contributed by atoms with Crippen molar-refractivity contribution in [2.45, 2.75) is 115 Å². The van der Waals surface area contributed by atoms with E-state index in [1.807, 2.05) is 0 Å². The molecular weight excluding hydrogens is 606 g/mol. The van der Waals surface area contributed by atoms with E-state index in [4.69, 9.17) is 40.0 Å². The lowest BCUT2D eigenvalue weighted by atomic mass is 9.80. The molecular formula is C35H49ClF2O7. The van der Waals surface area contributed by atoms with Gasteiger partial charge in [-0.25, -0.2) is 4.39 Å². The normalized spacial score (nSPS) is 26.7. The highest BCUT2D eigenvalue weighted by Gasteiger charge is 2.70. The van der Waals surface area contributed by atoms with Crippen molar-refractivity contribution in [2.24, 2.45) is 0 Å². The summed E-state index contributed by atoms with van der Waals surface area (Å²) in [7, 11) is 0. The molecule has 10 heteroatoms. The zero-order valence-corrected chi connectivity index (χ0v) is 28.0. The topological polar surface area (TPSA) is 75.6 Å². The van der Waals surface area contributed by atoms with Gasteiger partial charge < -0.3 is 33.5 Å². The van der Waals surface area contributed by atoms with Gasteiger partial charge in [-0.1, -0.05) is 63.8 Å². The number of benzene rings is 2. The van der Waals surface area contributed by atoms with Crippen molar-refractivity contribution < 1.29 is 42.3 Å². The van der Waals surface area contributed by atoms with Crippen molar-refractivity contribution in [2.75, 3.05) is 33.0 Å². The molecule has 2 aliphatic heterocycles. The molecule has 2 saturated heterocycles. The van der Waals surface area contributed by atoms with E-state index >= 15 is 4.39 Å². The first-order chi connectivity index (χ1) is 21.7. The maximum absolute atomic E-state index is 15.1. The molecule has 2 fully saturated rings. The Morgan fingerprint density at radius 3 is 2.16 bits per heavy atom. The van der Waals surface area contributed by atoms with Crippen LogP contribution in [0.5, 0.6) is 5.75 Å². The van der Waals surface area contributed by atoms with E-state index in [0.29, 0.717) is 36.0 Å². The summed E-state index contributed by atoms with van der Waals surface area (Å²) >= 11 is 6.64. The minimum Gasteiger partial charge on any atom is -0.491 e. The minimum absolute atomic E-state index is 0.0139. The van der Waals surface area contributed by atoms with Crippen LogP contribution in [0.1, 0.15) is 89.8 Å². The van der Waals surface area contributed by atoms with Crippen LogP contribution < -0.4 is 4.74 Å². The average molecular weight is 655 g/mol. The molecule has 0 spiro atoms. The van der Waals surface area contributed by atoms with Crippen LogP contribution in [0, 0.1) is 11.6 Å². The fraction of sp³-hybridized carbons (Fsp3) is 0.657. The van der Waals surface area contributed by atoms with Crippen molar-refractivity contribution in [1.29, 1.82) is 0 Å². The molecule has 45 heavy (non-hydrogen) atoms. The van der Waals surface area contributed by atoms with Crippen molar-refractivity contribution in [3.63, 3.8) is 0 Å². The Kier molecular flexibility index (Phi) is 13.0. The Balaban J connectivity index is 1.79. The molecule has 0 aromatic heterocycles. The lowest BCUT2D eigenvalue weighted by molar-refractivity contribution is -0.355. The van der Waals surface area contributed by atoms with Crippen LogP contribution in [-0.4, -0.2) is 68.2 Å². The van der Waals surface area contributed by atoms with E-state index in [1.165, 1.54) is 12.1 Å². The van der Waals surface area contributed by atoms with Gasteiger partial charge in [0.2, 0.25) is 11.6 Å². The molecule has 2 bridgehead atoms. The molecule has 2 aromatic carbocycles. The van der Waals surface area contributed by atoms with Gasteiger partial charge in [0.05, 0.1) is 19.3 Å². The molecule has 252 valence electrons. The highest BCUT2D eigenvalue weighted by molar-refractivity contribution is 6.31. The summed E-state index contributed by atoms with van der Waals surface area (Å²) in [5, 5.41) is 11.6. The van der Waals surface area contributed by atoms with E-state index in [1.54, 1.807) is 32.0 Å². The van der Waals surface area contributed by atoms with Gasteiger partial charge in [-0.05, 0) is 62.4 Å². The summed E-state index contributed by atoms with van der Waals surface area (Å²) in [6, 6.07) is 8.18. The van der Waals surface area contributed by atoms with E-state index in [0.717, 1.165) is 38.5 Å². The average Bonchev–Trinajstić information content (AvgIpc) is 3.40. The molecule has 0 saturated carbocycles. The molecule has 7 nitrogen and oxygen atoms in total. The second kappa shape index (κ2) is 16.3. The minimum atomic E-state index is -1.48. The summed E-state index contributed by atoms with van der Waals surface area (Å²) in [5.41, 5.74) is 0.0154. The predicted octanol–water partition coefficient (Wildman–Crippen LogP) is 7.50. The lowest BCUT2D eigenvalue weighted by Gasteiger charge is -2.52. The first kappa shape index (κ1) is 36.0. The third-order valence-electron chi connectivity index (χ3n) is 8.67. The Hall–Kier alpha value is -1.85. The van der Waals surface area contributed by atoms with E-state index < -0.39 is 47.4 Å². The largest absolute Gasteiger partial charge is 0.491 e. The zero-order chi connectivity index (χ0) is 32.6. The van der Waals surface area contributed by atoms with Gasteiger partial charge in [-0.2, -0.15) is 4.39 Å². The van der Waals surface area contributed by atoms with Gasteiger partial charge in [0.1, 0.15) is 23.9 Å². The number of halogens is 3. The number of aliphatic hydroxyl groups is 1. The SMILES string of the molecule is CCCCO[C@@H]1[C@@H](OCCCC)[C@@]2(c3ccc(Cl)c(Cc4ccc(OCC)c(F)c4F)c3)OC[C@](C(C)O)(O2)[C@H]1OCCCC. The Labute approximate surface area is 271 Å². The molecule has 0 aliphatic carbocycles. The first-order valence-corrected chi connectivity index (χ1v) is 16.8. The van der Waals surface area contributed by atoms with Crippen molar-refractivity contribution in [1.82, 2.24) is 0 Å². The molecule has 4 rings (SSSR count). The number of ether oxygens (including phenoxy) is 6. The van der Waals surface area contributed by atoms with Crippen LogP contribution >= 0.6 is 11.6 Å². The molecule has 2 aliphatic rings. The third-order valence-corrected chi connectivity index (χ3v) is 9.04. The molecule has 6 atom stereocenters. The second-order valence-electron chi connectivity index (χ2n) is 11.9. The van der Waals surface area contributed by atoms with Crippen LogP contribution in [0.4, 0.5) is 8.78 Å². The number of rotatable bonds is 18. The van der Waals surface area contributed by atoms with Crippen LogP contribution in [0.3, 0.4) is 0 Å².